The Kier molecular flexibility index (Phi) is 4.69. The number of nitrogens with zero attached hydrogens (tertiary/aromatic N) is 1. The Bertz CT molecular complexity index is 584. The highest BCUT2D eigenvalue weighted by Crippen LogP contribution is 2.20. The van der Waals surface area contributed by atoms with Crippen LogP contribution in [-0.2, 0) is 13.1 Å². The van der Waals surface area contributed by atoms with Gasteiger partial charge in [0.05, 0.1) is 0 Å². The summed E-state index contributed by atoms with van der Waals surface area (Å²) in [5.41, 5.74) is 8.19. The Morgan fingerprint density at radius 2 is 1.75 bits per heavy atom. The molecule has 0 fully saturated rings. The van der Waals surface area contributed by atoms with E-state index in [9.17, 15) is 8.78 Å². The second kappa shape index (κ2) is 6.48. The predicted molar refractivity (Wildman–Crippen MR) is 77.4 cm³/mol. The van der Waals surface area contributed by atoms with E-state index in [-0.39, 0.29) is 11.6 Å². The summed E-state index contributed by atoms with van der Waals surface area (Å²) in [5, 5.41) is 0. The van der Waals surface area contributed by atoms with Crippen molar-refractivity contribution in [3.8, 4) is 0 Å². The molecule has 0 aliphatic heterocycles. The molecule has 106 valence electrons. The highest BCUT2D eigenvalue weighted by molar-refractivity contribution is 5.47. The molecule has 2 N–H and O–H groups in total. The van der Waals surface area contributed by atoms with Gasteiger partial charge < -0.3 is 10.6 Å². The van der Waals surface area contributed by atoms with Gasteiger partial charge in [0.25, 0.3) is 0 Å². The van der Waals surface area contributed by atoms with Crippen molar-refractivity contribution in [2.75, 3.05) is 11.4 Å². The van der Waals surface area contributed by atoms with Crippen molar-refractivity contribution < 1.29 is 8.78 Å². The van der Waals surface area contributed by atoms with Gasteiger partial charge in [-0.1, -0.05) is 12.1 Å². The molecule has 0 radical (unpaired) electrons. The van der Waals surface area contributed by atoms with Gasteiger partial charge in [0.1, 0.15) is 11.6 Å². The molecular formula is C16H18F2N2. The van der Waals surface area contributed by atoms with E-state index in [1.165, 1.54) is 24.3 Å². The second-order valence-electron chi connectivity index (χ2n) is 4.61. The molecule has 2 aromatic carbocycles. The lowest BCUT2D eigenvalue weighted by molar-refractivity contribution is 0.621. The molecule has 2 rings (SSSR count). The van der Waals surface area contributed by atoms with Crippen LogP contribution in [0.2, 0.25) is 0 Å². The predicted octanol–water partition coefficient (Wildman–Crippen LogP) is 3.45. The molecule has 0 bridgehead atoms. The van der Waals surface area contributed by atoms with Crippen LogP contribution in [0.5, 0.6) is 0 Å². The molecule has 0 spiro atoms. The summed E-state index contributed by atoms with van der Waals surface area (Å²) in [6.07, 6.45) is 0. The van der Waals surface area contributed by atoms with Crippen LogP contribution in [0.1, 0.15) is 18.1 Å². The third-order valence-electron chi connectivity index (χ3n) is 3.30. The second-order valence-corrected chi connectivity index (χ2v) is 4.61. The summed E-state index contributed by atoms with van der Waals surface area (Å²) in [5.74, 6) is -0.563. The lowest BCUT2D eigenvalue weighted by atomic mass is 10.1. The average molecular weight is 276 g/mol. The molecule has 0 aliphatic carbocycles. The normalized spacial score (nSPS) is 10.6. The van der Waals surface area contributed by atoms with Gasteiger partial charge in [0.2, 0.25) is 0 Å². The highest BCUT2D eigenvalue weighted by Gasteiger charge is 2.10. The van der Waals surface area contributed by atoms with Crippen molar-refractivity contribution in [3.63, 3.8) is 0 Å². The van der Waals surface area contributed by atoms with E-state index in [0.717, 1.165) is 16.8 Å². The summed E-state index contributed by atoms with van der Waals surface area (Å²) in [6.45, 7) is 3.54. The largest absolute Gasteiger partial charge is 0.367 e. The van der Waals surface area contributed by atoms with Gasteiger partial charge in [0, 0.05) is 25.3 Å². The minimum absolute atomic E-state index is 0.278. The maximum absolute atomic E-state index is 13.4. The van der Waals surface area contributed by atoms with Crippen molar-refractivity contribution in [2.45, 2.75) is 20.0 Å². The number of benzene rings is 2. The van der Waals surface area contributed by atoms with Crippen molar-refractivity contribution in [1.29, 1.82) is 0 Å². The smallest absolute Gasteiger partial charge is 0.125 e. The van der Waals surface area contributed by atoms with Crippen molar-refractivity contribution >= 4 is 5.69 Å². The molecule has 0 heterocycles. The molecule has 4 heteroatoms. The minimum Gasteiger partial charge on any atom is -0.367 e. The molecule has 0 aromatic heterocycles. The zero-order valence-electron chi connectivity index (χ0n) is 11.4. The maximum atomic E-state index is 13.4. The molecule has 2 nitrogen and oxygen atoms in total. The van der Waals surface area contributed by atoms with E-state index in [0.29, 0.717) is 19.6 Å². The van der Waals surface area contributed by atoms with E-state index in [1.807, 2.05) is 17.9 Å². The van der Waals surface area contributed by atoms with Crippen LogP contribution in [0.25, 0.3) is 0 Å². The van der Waals surface area contributed by atoms with Gasteiger partial charge >= 0.3 is 0 Å². The summed E-state index contributed by atoms with van der Waals surface area (Å²) in [6, 6.07) is 11.0. The molecule has 0 amide bonds. The van der Waals surface area contributed by atoms with Crippen LogP contribution in [-0.4, -0.2) is 6.54 Å². The van der Waals surface area contributed by atoms with E-state index in [4.69, 9.17) is 5.73 Å². The Hall–Kier alpha value is -1.94. The first kappa shape index (κ1) is 14.5. The lowest BCUT2D eigenvalue weighted by Gasteiger charge is -2.24. The molecule has 0 atom stereocenters. The highest BCUT2D eigenvalue weighted by atomic mass is 19.1. The molecule has 20 heavy (non-hydrogen) atoms. The third-order valence-corrected chi connectivity index (χ3v) is 3.30. The number of hydrogen-bond acceptors (Lipinski definition) is 2. The van der Waals surface area contributed by atoms with Gasteiger partial charge in [-0.2, -0.15) is 0 Å². The minimum atomic E-state index is -0.285. The zero-order chi connectivity index (χ0) is 14.5. The average Bonchev–Trinajstić information content (AvgIpc) is 2.45. The van der Waals surface area contributed by atoms with Gasteiger partial charge in [-0.05, 0) is 48.4 Å². The zero-order valence-corrected chi connectivity index (χ0v) is 11.4. The standard InChI is InChI=1S/C16H18F2N2/c1-2-20(16-5-3-4-14(17)9-16)11-13-8-15(18)7-6-12(13)10-19/h3-9H,2,10-11,19H2,1H3. The quantitative estimate of drug-likeness (QED) is 0.906. The topological polar surface area (TPSA) is 29.3 Å². The van der Waals surface area contributed by atoms with Crippen molar-refractivity contribution in [1.82, 2.24) is 0 Å². The Morgan fingerprint density at radius 1 is 1.00 bits per heavy atom. The molecule has 0 aliphatic rings. The maximum Gasteiger partial charge on any atom is 0.125 e. The lowest BCUT2D eigenvalue weighted by Crippen LogP contribution is -2.23. The Balaban J connectivity index is 2.28. The fraction of sp³-hybridized carbons (Fsp3) is 0.250. The first-order valence-corrected chi connectivity index (χ1v) is 6.62. The number of nitrogens with two attached hydrogens (primary N) is 1. The Labute approximate surface area is 117 Å². The van der Waals surface area contributed by atoms with Gasteiger partial charge in [-0.25, -0.2) is 8.78 Å². The van der Waals surface area contributed by atoms with Crippen molar-refractivity contribution in [2.24, 2.45) is 5.73 Å². The van der Waals surface area contributed by atoms with Crippen molar-refractivity contribution in [3.05, 3.63) is 65.2 Å². The fourth-order valence-electron chi connectivity index (χ4n) is 2.20. The van der Waals surface area contributed by atoms with Crippen LogP contribution in [0.15, 0.2) is 42.5 Å². The summed E-state index contributed by atoms with van der Waals surface area (Å²) in [7, 11) is 0. The van der Waals surface area contributed by atoms with E-state index in [2.05, 4.69) is 0 Å². The van der Waals surface area contributed by atoms with Crippen LogP contribution in [0.4, 0.5) is 14.5 Å². The van der Waals surface area contributed by atoms with E-state index in [1.54, 1.807) is 12.1 Å². The number of rotatable bonds is 5. The first-order chi connectivity index (χ1) is 9.63. The molecule has 0 unspecified atom stereocenters. The SMILES string of the molecule is CCN(Cc1cc(F)ccc1CN)c1cccc(F)c1. The van der Waals surface area contributed by atoms with Crippen LogP contribution in [0.3, 0.4) is 0 Å². The van der Waals surface area contributed by atoms with Crippen LogP contribution >= 0.6 is 0 Å². The van der Waals surface area contributed by atoms with E-state index < -0.39 is 0 Å². The van der Waals surface area contributed by atoms with Crippen LogP contribution in [0, 0.1) is 11.6 Å². The molecule has 0 saturated carbocycles. The third kappa shape index (κ3) is 3.33. The van der Waals surface area contributed by atoms with Crippen LogP contribution < -0.4 is 10.6 Å². The number of halogens is 2. The van der Waals surface area contributed by atoms with Gasteiger partial charge in [-0.15, -0.1) is 0 Å². The molecule has 0 saturated heterocycles. The first-order valence-electron chi connectivity index (χ1n) is 6.62. The monoisotopic (exact) mass is 276 g/mol. The number of anilines is 1. The summed E-state index contributed by atoms with van der Waals surface area (Å²) in [4.78, 5) is 1.98. The van der Waals surface area contributed by atoms with Gasteiger partial charge in [-0.3, -0.25) is 0 Å². The Morgan fingerprint density at radius 3 is 2.40 bits per heavy atom. The van der Waals surface area contributed by atoms with E-state index >= 15 is 0 Å². The molecular weight excluding hydrogens is 258 g/mol. The summed E-state index contributed by atoms with van der Waals surface area (Å²) < 4.78 is 26.7. The summed E-state index contributed by atoms with van der Waals surface area (Å²) >= 11 is 0. The molecule has 2 aromatic rings. The van der Waals surface area contributed by atoms with Gasteiger partial charge in [0.15, 0.2) is 0 Å². The number of hydrogen-bond donors (Lipinski definition) is 1. The fourth-order valence-corrected chi connectivity index (χ4v) is 2.20.